The van der Waals surface area contributed by atoms with E-state index in [2.05, 4.69) is 51.7 Å². The molecule has 5 nitrogen and oxygen atoms in total. The van der Waals surface area contributed by atoms with Crippen LogP contribution in [0.4, 0.5) is 0 Å². The van der Waals surface area contributed by atoms with Crippen LogP contribution in [-0.2, 0) is 13.0 Å². The van der Waals surface area contributed by atoms with Crippen LogP contribution in [0, 0.1) is 12.8 Å². The summed E-state index contributed by atoms with van der Waals surface area (Å²) >= 11 is 0. The van der Waals surface area contributed by atoms with Crippen molar-refractivity contribution in [2.24, 2.45) is 5.92 Å². The average Bonchev–Trinajstić information content (AvgIpc) is 3.09. The van der Waals surface area contributed by atoms with Gasteiger partial charge >= 0.3 is 0 Å². The summed E-state index contributed by atoms with van der Waals surface area (Å²) in [5.74, 6) is 0.725. The van der Waals surface area contributed by atoms with Crippen molar-refractivity contribution in [3.05, 3.63) is 35.4 Å². The van der Waals surface area contributed by atoms with E-state index in [-0.39, 0.29) is 0 Å². The third kappa shape index (κ3) is 3.40. The van der Waals surface area contributed by atoms with Gasteiger partial charge in [0.15, 0.2) is 0 Å². The van der Waals surface area contributed by atoms with E-state index in [1.54, 1.807) is 0 Å². The van der Waals surface area contributed by atoms with Crippen LogP contribution in [0.15, 0.2) is 18.5 Å². The first-order valence-corrected chi connectivity index (χ1v) is 8.37. The number of nitrogens with one attached hydrogen (secondary N) is 1. The van der Waals surface area contributed by atoms with Crippen molar-refractivity contribution in [1.29, 1.82) is 0 Å². The van der Waals surface area contributed by atoms with E-state index in [1.807, 2.05) is 12.4 Å². The van der Waals surface area contributed by atoms with Gasteiger partial charge in [-0.15, -0.1) is 0 Å². The number of piperidine rings is 1. The monoisotopic (exact) mass is 301 g/mol. The van der Waals surface area contributed by atoms with Gasteiger partial charge in [0.25, 0.3) is 0 Å². The van der Waals surface area contributed by atoms with E-state index in [0.29, 0.717) is 6.04 Å². The molecule has 1 N–H and O–H groups in total. The number of aromatic nitrogens is 4. The highest BCUT2D eigenvalue weighted by Gasteiger charge is 2.22. The van der Waals surface area contributed by atoms with Crippen molar-refractivity contribution < 1.29 is 0 Å². The van der Waals surface area contributed by atoms with Gasteiger partial charge in [0.2, 0.25) is 0 Å². The largest absolute Gasteiger partial charge is 0.297 e. The molecule has 0 spiro atoms. The number of hydrogen-bond acceptors (Lipinski definition) is 3. The average molecular weight is 301 g/mol. The lowest BCUT2D eigenvalue weighted by molar-refractivity contribution is 0.161. The molecule has 3 heterocycles. The summed E-state index contributed by atoms with van der Waals surface area (Å²) in [6, 6.07) is 2.58. The summed E-state index contributed by atoms with van der Waals surface area (Å²) in [7, 11) is 0. The fourth-order valence-electron chi connectivity index (χ4n) is 3.49. The summed E-state index contributed by atoms with van der Waals surface area (Å²) in [6.07, 6.45) is 7.57. The van der Waals surface area contributed by atoms with Crippen molar-refractivity contribution in [3.63, 3.8) is 0 Å². The lowest BCUT2D eigenvalue weighted by Gasteiger charge is -2.33. The molecule has 1 saturated heterocycles. The molecule has 1 aliphatic rings. The molecule has 2 aromatic heterocycles. The number of aryl methyl sites for hydroxylation is 1. The van der Waals surface area contributed by atoms with Crippen LogP contribution in [0.2, 0.25) is 0 Å². The second kappa shape index (κ2) is 6.65. The highest BCUT2D eigenvalue weighted by atomic mass is 15.3. The Bertz CT molecular complexity index is 598. The number of H-pyrrole nitrogens is 1. The molecule has 0 bridgehead atoms. The molecule has 0 amide bonds. The smallest absolute Gasteiger partial charge is 0.0527 e. The van der Waals surface area contributed by atoms with E-state index < -0.39 is 0 Å². The zero-order valence-corrected chi connectivity index (χ0v) is 13.9. The van der Waals surface area contributed by atoms with Crippen LogP contribution in [0.3, 0.4) is 0 Å². The Morgan fingerprint density at radius 3 is 3.00 bits per heavy atom. The van der Waals surface area contributed by atoms with Gasteiger partial charge in [-0.25, -0.2) is 0 Å². The topological polar surface area (TPSA) is 49.7 Å². The van der Waals surface area contributed by atoms with Crippen molar-refractivity contribution in [2.75, 3.05) is 13.1 Å². The summed E-state index contributed by atoms with van der Waals surface area (Å²) < 4.78 is 2.14. The zero-order chi connectivity index (χ0) is 15.5. The maximum absolute atomic E-state index is 4.45. The quantitative estimate of drug-likeness (QED) is 0.923. The molecular weight excluding hydrogens is 274 g/mol. The number of likely N-dealkylation sites (tertiary alicyclic amines) is 1. The summed E-state index contributed by atoms with van der Waals surface area (Å²) in [5.41, 5.74) is 3.92. The van der Waals surface area contributed by atoms with Crippen LogP contribution >= 0.6 is 0 Å². The van der Waals surface area contributed by atoms with Crippen molar-refractivity contribution in [1.82, 2.24) is 24.9 Å². The van der Waals surface area contributed by atoms with Gasteiger partial charge in [0, 0.05) is 31.0 Å². The Labute approximate surface area is 132 Å². The SMILES string of the molecule is Cc1cn[nH]c1CC1CCCN(Cc2ccnn2C(C)C)C1. The van der Waals surface area contributed by atoms with Gasteiger partial charge in [0.1, 0.15) is 0 Å². The van der Waals surface area contributed by atoms with Crippen LogP contribution in [0.5, 0.6) is 0 Å². The van der Waals surface area contributed by atoms with E-state index in [0.717, 1.165) is 18.9 Å². The normalized spacial score (nSPS) is 19.9. The molecule has 1 unspecified atom stereocenters. The molecule has 1 atom stereocenters. The number of nitrogens with zero attached hydrogens (tertiary/aromatic N) is 4. The van der Waals surface area contributed by atoms with Gasteiger partial charge in [-0.05, 0) is 64.1 Å². The molecule has 0 radical (unpaired) electrons. The second-order valence-corrected chi connectivity index (χ2v) is 6.84. The molecule has 1 fully saturated rings. The van der Waals surface area contributed by atoms with Crippen LogP contribution in [0.25, 0.3) is 0 Å². The predicted molar refractivity (Wildman–Crippen MR) is 87.6 cm³/mol. The van der Waals surface area contributed by atoms with E-state index in [4.69, 9.17) is 0 Å². The molecule has 0 saturated carbocycles. The second-order valence-electron chi connectivity index (χ2n) is 6.84. The fraction of sp³-hybridized carbons (Fsp3) is 0.647. The minimum atomic E-state index is 0.429. The number of rotatable bonds is 5. The third-order valence-electron chi connectivity index (χ3n) is 4.66. The first kappa shape index (κ1) is 15.3. The minimum Gasteiger partial charge on any atom is -0.297 e. The van der Waals surface area contributed by atoms with Gasteiger partial charge in [-0.3, -0.25) is 14.7 Å². The predicted octanol–water partition coefficient (Wildman–Crippen LogP) is 2.95. The molecular formula is C17H27N5. The lowest BCUT2D eigenvalue weighted by atomic mass is 9.92. The summed E-state index contributed by atoms with van der Waals surface area (Å²) in [6.45, 7) is 9.90. The van der Waals surface area contributed by atoms with Crippen LogP contribution in [0.1, 0.15) is 49.7 Å². The van der Waals surface area contributed by atoms with Gasteiger partial charge < -0.3 is 0 Å². The van der Waals surface area contributed by atoms with Gasteiger partial charge in [0.05, 0.1) is 11.9 Å². The molecule has 0 aromatic carbocycles. The summed E-state index contributed by atoms with van der Waals surface area (Å²) in [4.78, 5) is 2.58. The lowest BCUT2D eigenvalue weighted by Crippen LogP contribution is -2.36. The van der Waals surface area contributed by atoms with Crippen LogP contribution < -0.4 is 0 Å². The molecule has 5 heteroatoms. The zero-order valence-electron chi connectivity index (χ0n) is 13.9. The van der Waals surface area contributed by atoms with Crippen molar-refractivity contribution >= 4 is 0 Å². The molecule has 1 aliphatic heterocycles. The van der Waals surface area contributed by atoms with E-state index in [9.17, 15) is 0 Å². The molecule has 120 valence electrons. The van der Waals surface area contributed by atoms with Crippen molar-refractivity contribution in [3.8, 4) is 0 Å². The first-order chi connectivity index (χ1) is 10.6. The Kier molecular flexibility index (Phi) is 4.62. The summed E-state index contributed by atoms with van der Waals surface area (Å²) in [5, 5.41) is 11.8. The number of aromatic amines is 1. The molecule has 0 aliphatic carbocycles. The highest BCUT2D eigenvalue weighted by Crippen LogP contribution is 2.23. The highest BCUT2D eigenvalue weighted by molar-refractivity contribution is 5.14. The third-order valence-corrected chi connectivity index (χ3v) is 4.66. The molecule has 2 aromatic rings. The molecule has 22 heavy (non-hydrogen) atoms. The maximum atomic E-state index is 4.45. The van der Waals surface area contributed by atoms with Gasteiger partial charge in [-0.2, -0.15) is 10.2 Å². The number of hydrogen-bond donors (Lipinski definition) is 1. The Morgan fingerprint density at radius 1 is 1.41 bits per heavy atom. The fourth-order valence-corrected chi connectivity index (χ4v) is 3.49. The van der Waals surface area contributed by atoms with E-state index >= 15 is 0 Å². The van der Waals surface area contributed by atoms with E-state index in [1.165, 1.54) is 42.9 Å². The molecule has 3 rings (SSSR count). The van der Waals surface area contributed by atoms with Gasteiger partial charge in [-0.1, -0.05) is 0 Å². The Hall–Kier alpha value is -1.62. The minimum absolute atomic E-state index is 0.429. The standard InChI is InChI=1S/C17H27N5/c1-13(2)22-16(6-7-19-22)12-21-8-4-5-15(11-21)9-17-14(3)10-18-20-17/h6-7,10,13,15H,4-5,8-9,11-12H2,1-3H3,(H,18,20). The van der Waals surface area contributed by atoms with Crippen molar-refractivity contribution in [2.45, 2.75) is 52.6 Å². The van der Waals surface area contributed by atoms with Crippen LogP contribution in [-0.4, -0.2) is 38.0 Å². The Balaban J connectivity index is 1.61. The Morgan fingerprint density at radius 2 is 2.27 bits per heavy atom. The maximum Gasteiger partial charge on any atom is 0.0527 e. The first-order valence-electron chi connectivity index (χ1n) is 8.37.